The van der Waals surface area contributed by atoms with Crippen LogP contribution < -0.4 is 10.2 Å². The second kappa shape index (κ2) is 9.14. The summed E-state index contributed by atoms with van der Waals surface area (Å²) in [7, 11) is 0. The van der Waals surface area contributed by atoms with Crippen molar-refractivity contribution >= 4 is 23.4 Å². The van der Waals surface area contributed by atoms with E-state index in [1.54, 1.807) is 18.2 Å². The highest BCUT2D eigenvalue weighted by Gasteiger charge is 2.16. The number of nitrogens with one attached hydrogen (secondary N) is 1. The minimum atomic E-state index is -0.362. The number of anilines is 2. The van der Waals surface area contributed by atoms with Gasteiger partial charge in [0.2, 0.25) is 5.91 Å². The lowest BCUT2D eigenvalue weighted by Crippen LogP contribution is -2.36. The quantitative estimate of drug-likeness (QED) is 0.631. The molecule has 0 atom stereocenters. The summed E-state index contributed by atoms with van der Waals surface area (Å²) in [5.74, 6) is -0.690. The molecule has 1 N–H and O–H groups in total. The number of amides is 1. The number of ether oxygens (including phenoxy) is 1. The highest BCUT2D eigenvalue weighted by molar-refractivity contribution is 6.02. The van der Waals surface area contributed by atoms with Crippen molar-refractivity contribution in [2.24, 2.45) is 0 Å². The Hall–Kier alpha value is -3.45. The predicted octanol–water partition coefficient (Wildman–Crippen LogP) is 4.12. The minimum absolute atomic E-state index is 0.329. The van der Waals surface area contributed by atoms with Crippen LogP contribution in [0, 0.1) is 19.7 Å². The van der Waals surface area contributed by atoms with Gasteiger partial charge in [0.15, 0.2) is 0 Å². The zero-order valence-electron chi connectivity index (χ0n) is 17.6. The van der Waals surface area contributed by atoms with Crippen molar-refractivity contribution in [2.75, 3.05) is 36.5 Å². The summed E-state index contributed by atoms with van der Waals surface area (Å²) < 4.78 is 21.7. The third-order valence-corrected chi connectivity index (χ3v) is 5.32. The van der Waals surface area contributed by atoms with Gasteiger partial charge in [-0.2, -0.15) is 5.10 Å². The third-order valence-electron chi connectivity index (χ3n) is 5.32. The molecule has 0 bridgehead atoms. The molecule has 0 radical (unpaired) electrons. The molecule has 3 aromatic rings. The minimum Gasteiger partial charge on any atom is -0.378 e. The van der Waals surface area contributed by atoms with Crippen molar-refractivity contribution in [3.8, 4) is 5.69 Å². The van der Waals surface area contributed by atoms with E-state index in [-0.39, 0.29) is 11.7 Å². The zero-order chi connectivity index (χ0) is 21.8. The van der Waals surface area contributed by atoms with Gasteiger partial charge in [0.1, 0.15) is 5.82 Å². The van der Waals surface area contributed by atoms with Gasteiger partial charge in [0.05, 0.1) is 30.3 Å². The molecular formula is C24H25FN4O2. The van der Waals surface area contributed by atoms with Crippen molar-refractivity contribution in [3.63, 3.8) is 0 Å². The molecule has 1 aromatic heterocycles. The molecule has 31 heavy (non-hydrogen) atoms. The first-order valence-electron chi connectivity index (χ1n) is 10.3. The molecule has 1 fully saturated rings. The van der Waals surface area contributed by atoms with E-state index >= 15 is 0 Å². The molecule has 0 spiro atoms. The molecule has 4 rings (SSSR count). The Bertz CT molecular complexity index is 1100. The topological polar surface area (TPSA) is 59.4 Å². The molecule has 0 saturated carbocycles. The van der Waals surface area contributed by atoms with E-state index in [0.717, 1.165) is 22.6 Å². The number of aryl methyl sites for hydroxylation is 1. The summed E-state index contributed by atoms with van der Waals surface area (Å²) in [4.78, 5) is 14.4. The molecule has 1 saturated heterocycles. The van der Waals surface area contributed by atoms with Gasteiger partial charge in [-0.1, -0.05) is 18.2 Å². The van der Waals surface area contributed by atoms with Crippen molar-refractivity contribution in [2.45, 2.75) is 13.8 Å². The highest BCUT2D eigenvalue weighted by atomic mass is 19.1. The van der Waals surface area contributed by atoms with E-state index < -0.39 is 0 Å². The third kappa shape index (κ3) is 4.67. The number of morpholine rings is 1. The molecule has 7 heteroatoms. The second-order valence-electron chi connectivity index (χ2n) is 7.42. The molecule has 6 nitrogen and oxygen atoms in total. The monoisotopic (exact) mass is 420 g/mol. The predicted molar refractivity (Wildman–Crippen MR) is 120 cm³/mol. The fourth-order valence-electron chi connectivity index (χ4n) is 3.70. The first-order valence-corrected chi connectivity index (χ1v) is 10.3. The van der Waals surface area contributed by atoms with Gasteiger partial charge in [0.25, 0.3) is 0 Å². The summed E-state index contributed by atoms with van der Waals surface area (Å²) in [5, 5.41) is 7.30. The lowest BCUT2D eigenvalue weighted by Gasteiger charge is -2.29. The molecule has 1 amide bonds. The van der Waals surface area contributed by atoms with Gasteiger partial charge in [-0.05, 0) is 50.3 Å². The average molecular weight is 420 g/mol. The summed E-state index contributed by atoms with van der Waals surface area (Å²) in [6.45, 7) is 6.35. The van der Waals surface area contributed by atoms with Gasteiger partial charge in [-0.25, -0.2) is 9.07 Å². The van der Waals surface area contributed by atoms with Crippen LogP contribution in [0.1, 0.15) is 17.0 Å². The number of hydrogen-bond donors (Lipinski definition) is 1. The van der Waals surface area contributed by atoms with Gasteiger partial charge >= 0.3 is 0 Å². The van der Waals surface area contributed by atoms with Crippen LogP contribution in [0.3, 0.4) is 0 Å². The number of para-hydroxylation sites is 1. The summed E-state index contributed by atoms with van der Waals surface area (Å²) in [6.07, 6.45) is 3.19. The molecular weight excluding hydrogens is 395 g/mol. The zero-order valence-corrected chi connectivity index (χ0v) is 17.6. The number of benzene rings is 2. The molecule has 1 aliphatic heterocycles. The molecule has 1 aliphatic rings. The summed E-state index contributed by atoms with van der Waals surface area (Å²) in [5.41, 5.74) is 4.55. The number of nitrogens with zero attached hydrogens (tertiary/aromatic N) is 3. The maximum absolute atomic E-state index is 14.5. The molecule has 2 heterocycles. The first-order chi connectivity index (χ1) is 15.0. The number of carbonyl (C=O) groups excluding carboxylic acids is 1. The standard InChI is InChI=1S/C24H25FN4O2/c1-17-21(18(2)29(27-17)20-6-4-3-5-7-20)9-11-24(30)26-19-8-10-23(22(25)16-19)28-12-14-31-15-13-28/h3-11,16H,12-15H2,1-2H3,(H,26,30)/b11-9+. The largest absolute Gasteiger partial charge is 0.378 e. The maximum Gasteiger partial charge on any atom is 0.248 e. The van der Waals surface area contributed by atoms with Gasteiger partial charge in [-0.3, -0.25) is 4.79 Å². The van der Waals surface area contributed by atoms with E-state index in [2.05, 4.69) is 10.4 Å². The molecule has 0 aliphatic carbocycles. The number of rotatable bonds is 5. The van der Waals surface area contributed by atoms with E-state index in [1.807, 2.05) is 53.8 Å². The van der Waals surface area contributed by atoms with Crippen LogP contribution in [0.25, 0.3) is 11.8 Å². The number of aromatic nitrogens is 2. The number of halogens is 1. The maximum atomic E-state index is 14.5. The summed E-state index contributed by atoms with van der Waals surface area (Å²) >= 11 is 0. The van der Waals surface area contributed by atoms with Crippen molar-refractivity contribution < 1.29 is 13.9 Å². The summed E-state index contributed by atoms with van der Waals surface area (Å²) in [6, 6.07) is 14.6. The van der Waals surface area contributed by atoms with E-state index in [9.17, 15) is 9.18 Å². The lowest BCUT2D eigenvalue weighted by atomic mass is 10.1. The second-order valence-corrected chi connectivity index (χ2v) is 7.42. The van der Waals surface area contributed by atoms with Crippen LogP contribution in [0.2, 0.25) is 0 Å². The Morgan fingerprint density at radius 1 is 1.13 bits per heavy atom. The van der Waals surface area contributed by atoms with Gasteiger partial charge in [-0.15, -0.1) is 0 Å². The fourth-order valence-corrected chi connectivity index (χ4v) is 3.70. The highest BCUT2D eigenvalue weighted by Crippen LogP contribution is 2.24. The van der Waals surface area contributed by atoms with Crippen LogP contribution in [-0.4, -0.2) is 42.0 Å². The van der Waals surface area contributed by atoms with Gasteiger partial charge in [0, 0.05) is 36.1 Å². The SMILES string of the molecule is Cc1nn(-c2ccccc2)c(C)c1/C=C/C(=O)Nc1ccc(N2CCOCC2)c(F)c1. The van der Waals surface area contributed by atoms with Crippen LogP contribution in [0.5, 0.6) is 0 Å². The Kier molecular flexibility index (Phi) is 6.13. The normalized spacial score (nSPS) is 14.2. The van der Waals surface area contributed by atoms with Crippen molar-refractivity contribution in [1.82, 2.24) is 9.78 Å². The first kappa shape index (κ1) is 20.8. The Morgan fingerprint density at radius 3 is 2.58 bits per heavy atom. The van der Waals surface area contributed by atoms with Crippen molar-refractivity contribution in [1.29, 1.82) is 0 Å². The molecule has 160 valence electrons. The van der Waals surface area contributed by atoms with E-state index in [4.69, 9.17) is 4.74 Å². The van der Waals surface area contributed by atoms with Crippen LogP contribution in [-0.2, 0) is 9.53 Å². The average Bonchev–Trinajstić information content (AvgIpc) is 3.07. The van der Waals surface area contributed by atoms with Crippen molar-refractivity contribution in [3.05, 3.63) is 77.4 Å². The Labute approximate surface area is 180 Å². The Balaban J connectivity index is 1.45. The molecule has 0 unspecified atom stereocenters. The van der Waals surface area contributed by atoms with E-state index in [1.165, 1.54) is 12.1 Å². The van der Waals surface area contributed by atoms with Crippen LogP contribution in [0.15, 0.2) is 54.6 Å². The van der Waals surface area contributed by atoms with E-state index in [0.29, 0.717) is 37.7 Å². The van der Waals surface area contributed by atoms with Gasteiger partial charge < -0.3 is 15.0 Å². The lowest BCUT2D eigenvalue weighted by molar-refractivity contribution is -0.111. The molecule has 2 aromatic carbocycles. The number of hydrogen-bond acceptors (Lipinski definition) is 4. The Morgan fingerprint density at radius 2 is 1.87 bits per heavy atom. The fraction of sp³-hybridized carbons (Fsp3) is 0.250. The number of carbonyl (C=O) groups is 1. The smallest absolute Gasteiger partial charge is 0.248 e. The van der Waals surface area contributed by atoms with Crippen LogP contribution in [0.4, 0.5) is 15.8 Å². The van der Waals surface area contributed by atoms with Crippen LogP contribution >= 0.6 is 0 Å².